The molecule has 3 unspecified atom stereocenters. The normalized spacial score (nSPS) is 32.5. The summed E-state index contributed by atoms with van der Waals surface area (Å²) in [6.45, 7) is 0.765. The summed E-state index contributed by atoms with van der Waals surface area (Å²) in [4.78, 5) is 0. The topological polar surface area (TPSA) is 34.4 Å². The molecule has 2 saturated heterocycles. The van der Waals surface area contributed by atoms with Crippen LogP contribution in [0.25, 0.3) is 0 Å². The van der Waals surface area contributed by atoms with Gasteiger partial charge in [-0.3, -0.25) is 0 Å². The molecule has 1 aromatic rings. The Morgan fingerprint density at radius 3 is 2.81 bits per heavy atom. The van der Waals surface area contributed by atoms with Crippen LogP contribution in [0.2, 0.25) is 0 Å². The van der Waals surface area contributed by atoms with Crippen LogP contribution in [0.5, 0.6) is 0 Å². The zero-order chi connectivity index (χ0) is 11.1. The molecule has 16 heavy (non-hydrogen) atoms. The summed E-state index contributed by atoms with van der Waals surface area (Å²) in [5, 5.41) is 3.51. The fraction of sp³-hybridized carbons (Fsp3) is 0.636. The first-order chi connectivity index (χ1) is 7.72. The fourth-order valence-electron chi connectivity index (χ4n) is 2.56. The van der Waals surface area contributed by atoms with Gasteiger partial charge in [0.15, 0.2) is 4.67 Å². The molecule has 3 heterocycles. The number of halogens is 2. The predicted octanol–water partition coefficient (Wildman–Crippen LogP) is 3.21. The van der Waals surface area contributed by atoms with Crippen molar-refractivity contribution in [3.05, 3.63) is 21.0 Å². The van der Waals surface area contributed by atoms with Gasteiger partial charge in [0, 0.05) is 6.04 Å². The van der Waals surface area contributed by atoms with Gasteiger partial charge in [0.25, 0.3) is 0 Å². The zero-order valence-electron chi connectivity index (χ0n) is 8.71. The lowest BCUT2D eigenvalue weighted by atomic mass is 9.95. The van der Waals surface area contributed by atoms with Gasteiger partial charge in [-0.2, -0.15) is 0 Å². The van der Waals surface area contributed by atoms with Gasteiger partial charge in [0.1, 0.15) is 5.76 Å². The van der Waals surface area contributed by atoms with E-state index in [1.165, 1.54) is 12.8 Å². The average Bonchev–Trinajstić information content (AvgIpc) is 2.92. The second kappa shape index (κ2) is 4.44. The molecule has 0 radical (unpaired) electrons. The molecule has 2 aliphatic heterocycles. The maximum atomic E-state index is 5.79. The van der Waals surface area contributed by atoms with Crippen LogP contribution in [0.1, 0.15) is 25.0 Å². The molecule has 1 aromatic heterocycles. The summed E-state index contributed by atoms with van der Waals surface area (Å²) in [5.74, 6) is 0.946. The zero-order valence-corrected chi connectivity index (χ0v) is 11.9. The largest absolute Gasteiger partial charge is 0.452 e. The molecule has 2 fully saturated rings. The molecular formula is C11H13Br2NO2. The monoisotopic (exact) mass is 349 g/mol. The van der Waals surface area contributed by atoms with Crippen LogP contribution in [0.4, 0.5) is 0 Å². The van der Waals surface area contributed by atoms with Crippen molar-refractivity contribution in [3.8, 4) is 0 Å². The summed E-state index contributed by atoms with van der Waals surface area (Å²) in [6, 6.07) is 2.49. The van der Waals surface area contributed by atoms with Crippen LogP contribution in [0.15, 0.2) is 19.6 Å². The Morgan fingerprint density at radius 2 is 2.25 bits per heavy atom. The van der Waals surface area contributed by atoms with Gasteiger partial charge in [-0.25, -0.2) is 0 Å². The highest BCUT2D eigenvalue weighted by Crippen LogP contribution is 2.34. The minimum Gasteiger partial charge on any atom is -0.452 e. The Hall–Kier alpha value is 0.160. The van der Waals surface area contributed by atoms with Gasteiger partial charge >= 0.3 is 0 Å². The molecule has 0 spiro atoms. The van der Waals surface area contributed by atoms with E-state index in [2.05, 4.69) is 37.2 Å². The van der Waals surface area contributed by atoms with Gasteiger partial charge in [0.05, 0.1) is 23.2 Å². The van der Waals surface area contributed by atoms with E-state index >= 15 is 0 Å². The highest BCUT2D eigenvalue weighted by Gasteiger charge is 2.40. The van der Waals surface area contributed by atoms with Crippen molar-refractivity contribution < 1.29 is 9.15 Å². The van der Waals surface area contributed by atoms with Gasteiger partial charge < -0.3 is 14.5 Å². The third-order valence-electron chi connectivity index (χ3n) is 3.34. The summed E-state index contributed by atoms with van der Waals surface area (Å²) in [5.41, 5.74) is 0. The van der Waals surface area contributed by atoms with Crippen molar-refractivity contribution in [3.63, 3.8) is 0 Å². The van der Waals surface area contributed by atoms with Crippen LogP contribution < -0.4 is 5.32 Å². The highest BCUT2D eigenvalue weighted by molar-refractivity contribution is 9.13. The Labute approximate surface area is 111 Å². The molecule has 1 N–H and O–H groups in total. The standard InChI is InChI=1S/C11H13Br2NO2/c12-8-3-7(16-11(8)13)5-14-9-4-6-1-2-10(9)15-6/h3,6,9-10,14H,1-2,4-5H2. The Morgan fingerprint density at radius 1 is 1.38 bits per heavy atom. The van der Waals surface area contributed by atoms with Crippen molar-refractivity contribution in [2.45, 2.75) is 44.1 Å². The Bertz CT molecular complexity index is 374. The summed E-state index contributed by atoms with van der Waals surface area (Å²) in [7, 11) is 0. The highest BCUT2D eigenvalue weighted by atomic mass is 79.9. The third kappa shape index (κ3) is 2.10. The van der Waals surface area contributed by atoms with Crippen molar-refractivity contribution in [1.82, 2.24) is 5.32 Å². The number of furan rings is 1. The second-order valence-corrected chi connectivity index (χ2v) is 6.01. The number of hydrogen-bond donors (Lipinski definition) is 1. The number of rotatable bonds is 3. The van der Waals surface area contributed by atoms with Gasteiger partial charge in [-0.15, -0.1) is 0 Å². The van der Waals surface area contributed by atoms with E-state index in [0.29, 0.717) is 18.2 Å². The number of ether oxygens (including phenoxy) is 1. The summed E-state index contributed by atoms with van der Waals surface area (Å²) in [6.07, 6.45) is 4.51. The predicted molar refractivity (Wildman–Crippen MR) is 67.2 cm³/mol. The molecule has 2 bridgehead atoms. The molecule has 5 heteroatoms. The minimum atomic E-state index is 0.423. The molecule has 0 amide bonds. The first-order valence-corrected chi connectivity index (χ1v) is 7.13. The van der Waals surface area contributed by atoms with Crippen molar-refractivity contribution >= 4 is 31.9 Å². The lowest BCUT2D eigenvalue weighted by Crippen LogP contribution is -2.36. The Balaban J connectivity index is 1.57. The van der Waals surface area contributed by atoms with Crippen molar-refractivity contribution in [2.75, 3.05) is 0 Å². The molecule has 0 aliphatic carbocycles. The van der Waals surface area contributed by atoms with Crippen molar-refractivity contribution in [1.29, 1.82) is 0 Å². The van der Waals surface area contributed by atoms with Crippen LogP contribution in [-0.2, 0) is 11.3 Å². The smallest absolute Gasteiger partial charge is 0.183 e. The van der Waals surface area contributed by atoms with Crippen LogP contribution in [-0.4, -0.2) is 18.2 Å². The van der Waals surface area contributed by atoms with Gasteiger partial charge in [0.2, 0.25) is 0 Å². The Kier molecular flexibility index (Phi) is 3.13. The molecule has 3 rings (SSSR count). The molecule has 3 nitrogen and oxygen atoms in total. The van der Waals surface area contributed by atoms with Crippen LogP contribution >= 0.6 is 31.9 Å². The van der Waals surface area contributed by atoms with E-state index in [4.69, 9.17) is 9.15 Å². The van der Waals surface area contributed by atoms with Crippen LogP contribution in [0, 0.1) is 0 Å². The second-order valence-electron chi connectivity index (χ2n) is 4.43. The number of hydrogen-bond acceptors (Lipinski definition) is 3. The van der Waals surface area contributed by atoms with Gasteiger partial charge in [-0.05, 0) is 57.2 Å². The SMILES string of the molecule is Brc1cc(CNC2CC3CCC2O3)oc1Br. The maximum Gasteiger partial charge on any atom is 0.183 e. The minimum absolute atomic E-state index is 0.423. The lowest BCUT2D eigenvalue weighted by molar-refractivity contribution is 0.0970. The molecular weight excluding hydrogens is 338 g/mol. The van der Waals surface area contributed by atoms with Gasteiger partial charge in [-0.1, -0.05) is 0 Å². The summed E-state index contributed by atoms with van der Waals surface area (Å²) < 4.78 is 13.0. The van der Waals surface area contributed by atoms with E-state index in [1.54, 1.807) is 0 Å². The lowest BCUT2D eigenvalue weighted by Gasteiger charge is -2.19. The van der Waals surface area contributed by atoms with E-state index in [1.807, 2.05) is 6.07 Å². The first-order valence-electron chi connectivity index (χ1n) is 5.55. The molecule has 3 atom stereocenters. The summed E-state index contributed by atoms with van der Waals surface area (Å²) >= 11 is 6.75. The van der Waals surface area contributed by atoms with E-state index in [9.17, 15) is 0 Å². The number of nitrogens with one attached hydrogen (secondary N) is 1. The maximum absolute atomic E-state index is 5.79. The average molecular weight is 351 g/mol. The molecule has 2 aliphatic rings. The third-order valence-corrected chi connectivity index (χ3v) is 5.05. The fourth-order valence-corrected chi connectivity index (χ4v) is 3.22. The van der Waals surface area contributed by atoms with E-state index in [-0.39, 0.29) is 0 Å². The van der Waals surface area contributed by atoms with E-state index in [0.717, 1.165) is 27.9 Å². The molecule has 88 valence electrons. The quantitative estimate of drug-likeness (QED) is 0.908. The van der Waals surface area contributed by atoms with Crippen molar-refractivity contribution in [2.24, 2.45) is 0 Å². The van der Waals surface area contributed by atoms with E-state index < -0.39 is 0 Å². The van der Waals surface area contributed by atoms with Crippen LogP contribution in [0.3, 0.4) is 0 Å². The molecule has 0 aromatic carbocycles. The first kappa shape index (κ1) is 11.3. The number of fused-ring (bicyclic) bond motifs is 2. The molecule has 0 saturated carbocycles.